The number of methoxy groups -OCH3 is 1. The number of piperidine rings is 1. The topological polar surface area (TPSA) is 72.6 Å². The molecular formula is C14H23ClN2O3S. The predicted octanol–water partition coefficient (Wildman–Crippen LogP) is 1.38. The Morgan fingerprint density at radius 3 is 2.57 bits per heavy atom. The van der Waals surface area contributed by atoms with Gasteiger partial charge in [0, 0.05) is 26.2 Å². The van der Waals surface area contributed by atoms with Gasteiger partial charge < -0.3 is 10.5 Å². The Hall–Kier alpha value is -0.660. The number of rotatable bonds is 5. The number of halogens is 1. The van der Waals surface area contributed by atoms with E-state index < -0.39 is 10.0 Å². The van der Waals surface area contributed by atoms with Crippen molar-refractivity contribution in [3.63, 3.8) is 0 Å². The van der Waals surface area contributed by atoms with Gasteiger partial charge in [-0.3, -0.25) is 0 Å². The number of ether oxygens (including phenoxy) is 1. The molecule has 0 aliphatic carbocycles. The average molecular weight is 335 g/mol. The fraction of sp³-hybridized carbons (Fsp3) is 0.571. The van der Waals surface area contributed by atoms with Crippen molar-refractivity contribution in [1.82, 2.24) is 4.31 Å². The van der Waals surface area contributed by atoms with Crippen LogP contribution in [0.3, 0.4) is 0 Å². The van der Waals surface area contributed by atoms with E-state index in [2.05, 4.69) is 0 Å². The van der Waals surface area contributed by atoms with Crippen LogP contribution < -0.4 is 5.73 Å². The first-order chi connectivity index (χ1) is 9.56. The van der Waals surface area contributed by atoms with E-state index in [0.29, 0.717) is 19.5 Å². The van der Waals surface area contributed by atoms with Crippen molar-refractivity contribution < 1.29 is 13.2 Å². The van der Waals surface area contributed by atoms with Crippen LogP contribution in [0.1, 0.15) is 18.4 Å². The van der Waals surface area contributed by atoms with Gasteiger partial charge in [0.05, 0.1) is 11.9 Å². The van der Waals surface area contributed by atoms with Crippen LogP contribution in [0.2, 0.25) is 0 Å². The maximum atomic E-state index is 12.5. The lowest BCUT2D eigenvalue weighted by atomic mass is 10.0. The van der Waals surface area contributed by atoms with Gasteiger partial charge in [-0.2, -0.15) is 4.31 Å². The lowest BCUT2D eigenvalue weighted by molar-refractivity contribution is 0.0401. The van der Waals surface area contributed by atoms with E-state index in [0.717, 1.165) is 12.0 Å². The number of nitrogens with two attached hydrogens (primary N) is 1. The highest BCUT2D eigenvalue weighted by Gasteiger charge is 2.35. The van der Waals surface area contributed by atoms with Crippen molar-refractivity contribution in [2.24, 2.45) is 5.73 Å². The standard InChI is InChI=1S/C14H22N2O3S.ClH/c1-19-14-7-8-16(13(9-14)10-15)20(17,18)11-12-5-3-2-4-6-12;/h2-6,13-14H,7-11,15H2,1H3;1H. The van der Waals surface area contributed by atoms with E-state index >= 15 is 0 Å². The molecule has 0 radical (unpaired) electrons. The summed E-state index contributed by atoms with van der Waals surface area (Å²) in [5.41, 5.74) is 6.54. The van der Waals surface area contributed by atoms with Crippen molar-refractivity contribution in [3.8, 4) is 0 Å². The molecule has 0 aromatic heterocycles. The molecule has 7 heteroatoms. The third-order valence-corrected chi connectivity index (χ3v) is 5.66. The molecule has 0 spiro atoms. The van der Waals surface area contributed by atoms with Crippen molar-refractivity contribution >= 4 is 22.4 Å². The molecule has 0 saturated carbocycles. The van der Waals surface area contributed by atoms with Gasteiger partial charge in [0.15, 0.2) is 0 Å². The largest absolute Gasteiger partial charge is 0.381 e. The summed E-state index contributed by atoms with van der Waals surface area (Å²) in [6, 6.07) is 9.07. The smallest absolute Gasteiger partial charge is 0.218 e. The summed E-state index contributed by atoms with van der Waals surface area (Å²) in [7, 11) is -1.67. The third kappa shape index (κ3) is 4.66. The molecule has 1 aromatic carbocycles. The molecule has 2 N–H and O–H groups in total. The van der Waals surface area contributed by atoms with E-state index in [9.17, 15) is 8.42 Å². The SMILES string of the molecule is COC1CCN(S(=O)(=O)Cc2ccccc2)C(CN)C1.Cl. The highest BCUT2D eigenvalue weighted by Crippen LogP contribution is 2.24. The zero-order valence-electron chi connectivity index (χ0n) is 12.1. The minimum atomic E-state index is -3.33. The Balaban J connectivity index is 0.00000220. The highest BCUT2D eigenvalue weighted by molar-refractivity contribution is 7.88. The summed E-state index contributed by atoms with van der Waals surface area (Å²) in [6.45, 7) is 0.809. The van der Waals surface area contributed by atoms with Crippen LogP contribution in [0, 0.1) is 0 Å². The minimum absolute atomic E-state index is 0. The Kier molecular flexibility index (Phi) is 7.09. The Bertz CT molecular complexity index is 524. The van der Waals surface area contributed by atoms with Crippen LogP contribution in [0.25, 0.3) is 0 Å². The second kappa shape index (κ2) is 8.10. The second-order valence-electron chi connectivity index (χ2n) is 5.12. The van der Waals surface area contributed by atoms with Crippen molar-refractivity contribution in [2.45, 2.75) is 30.7 Å². The van der Waals surface area contributed by atoms with Crippen molar-refractivity contribution in [1.29, 1.82) is 0 Å². The number of nitrogens with zero attached hydrogens (tertiary/aromatic N) is 1. The van der Waals surface area contributed by atoms with Crippen LogP contribution in [0.4, 0.5) is 0 Å². The number of benzene rings is 1. The first-order valence-electron chi connectivity index (χ1n) is 6.83. The van der Waals surface area contributed by atoms with Gasteiger partial charge in [-0.1, -0.05) is 30.3 Å². The number of hydrogen-bond acceptors (Lipinski definition) is 4. The molecule has 1 heterocycles. The van der Waals surface area contributed by atoms with Gasteiger partial charge >= 0.3 is 0 Å². The molecule has 0 amide bonds. The van der Waals surface area contributed by atoms with Crippen LogP contribution in [0.5, 0.6) is 0 Å². The van der Waals surface area contributed by atoms with E-state index in [1.165, 1.54) is 0 Å². The van der Waals surface area contributed by atoms with Gasteiger partial charge in [0.2, 0.25) is 10.0 Å². The lowest BCUT2D eigenvalue weighted by Gasteiger charge is -2.37. The van der Waals surface area contributed by atoms with Crippen LogP contribution in [-0.4, -0.2) is 45.1 Å². The average Bonchev–Trinajstić information content (AvgIpc) is 2.47. The quantitative estimate of drug-likeness (QED) is 0.883. The zero-order valence-corrected chi connectivity index (χ0v) is 13.8. The molecule has 1 aliphatic heterocycles. The molecule has 2 unspecified atom stereocenters. The lowest BCUT2D eigenvalue weighted by Crippen LogP contribution is -2.51. The van der Waals surface area contributed by atoms with E-state index in [1.807, 2.05) is 30.3 Å². The molecule has 1 fully saturated rings. The zero-order chi connectivity index (χ0) is 14.6. The Labute approximate surface area is 132 Å². The Morgan fingerprint density at radius 2 is 2.00 bits per heavy atom. The number of sulfonamides is 1. The van der Waals surface area contributed by atoms with Gasteiger partial charge in [-0.05, 0) is 18.4 Å². The van der Waals surface area contributed by atoms with Crippen molar-refractivity contribution in [3.05, 3.63) is 35.9 Å². The summed E-state index contributed by atoms with van der Waals surface area (Å²) < 4.78 is 32.0. The van der Waals surface area contributed by atoms with Gasteiger partial charge in [-0.15, -0.1) is 12.4 Å². The van der Waals surface area contributed by atoms with Gasteiger partial charge in [0.1, 0.15) is 0 Å². The van der Waals surface area contributed by atoms with Gasteiger partial charge in [0.25, 0.3) is 0 Å². The summed E-state index contributed by atoms with van der Waals surface area (Å²) >= 11 is 0. The van der Waals surface area contributed by atoms with E-state index in [1.54, 1.807) is 11.4 Å². The Morgan fingerprint density at radius 1 is 1.33 bits per heavy atom. The molecule has 1 aliphatic rings. The molecule has 1 aromatic rings. The summed E-state index contributed by atoms with van der Waals surface area (Å²) in [6.07, 6.45) is 1.49. The molecule has 120 valence electrons. The highest BCUT2D eigenvalue weighted by atomic mass is 35.5. The second-order valence-corrected chi connectivity index (χ2v) is 7.05. The maximum Gasteiger partial charge on any atom is 0.218 e. The molecule has 2 atom stereocenters. The fourth-order valence-electron chi connectivity index (χ4n) is 2.65. The van der Waals surface area contributed by atoms with Gasteiger partial charge in [-0.25, -0.2) is 8.42 Å². The predicted molar refractivity (Wildman–Crippen MR) is 85.9 cm³/mol. The first-order valence-corrected chi connectivity index (χ1v) is 8.44. The third-order valence-electron chi connectivity index (χ3n) is 3.77. The summed E-state index contributed by atoms with van der Waals surface area (Å²) in [5, 5.41) is 0. The monoisotopic (exact) mass is 334 g/mol. The van der Waals surface area contributed by atoms with Crippen molar-refractivity contribution in [2.75, 3.05) is 20.2 Å². The normalized spacial score (nSPS) is 23.5. The fourth-order valence-corrected chi connectivity index (χ4v) is 4.44. The number of hydrogen-bond donors (Lipinski definition) is 1. The van der Waals surface area contributed by atoms with E-state index in [4.69, 9.17) is 10.5 Å². The molecule has 21 heavy (non-hydrogen) atoms. The minimum Gasteiger partial charge on any atom is -0.381 e. The van der Waals surface area contributed by atoms with Crippen LogP contribution >= 0.6 is 12.4 Å². The maximum absolute atomic E-state index is 12.5. The van der Waals surface area contributed by atoms with Crippen LogP contribution in [-0.2, 0) is 20.5 Å². The van der Waals surface area contributed by atoms with E-state index in [-0.39, 0.29) is 30.3 Å². The first kappa shape index (κ1) is 18.4. The molecule has 2 rings (SSSR count). The summed E-state index contributed by atoms with van der Waals surface area (Å²) in [4.78, 5) is 0. The summed E-state index contributed by atoms with van der Waals surface area (Å²) in [5.74, 6) is 0.0298. The molecule has 5 nitrogen and oxygen atoms in total. The molecule has 0 bridgehead atoms. The molecular weight excluding hydrogens is 312 g/mol. The van der Waals surface area contributed by atoms with Crippen LogP contribution in [0.15, 0.2) is 30.3 Å². The molecule has 1 saturated heterocycles.